The molecular weight excluding hydrogens is 379 g/mol. The summed E-state index contributed by atoms with van der Waals surface area (Å²) < 4.78 is 42.1. The summed E-state index contributed by atoms with van der Waals surface area (Å²) in [4.78, 5) is 8.32. The van der Waals surface area contributed by atoms with Gasteiger partial charge in [-0.25, -0.2) is 9.97 Å². The Hall–Kier alpha value is -2.06. The second-order valence-corrected chi connectivity index (χ2v) is 7.38. The fourth-order valence-corrected chi connectivity index (χ4v) is 3.74. The highest BCUT2D eigenvalue weighted by Gasteiger charge is 2.35. The number of benzene rings is 1. The molecule has 0 spiro atoms. The number of imidazole rings is 2. The maximum Gasteiger partial charge on any atom is 0.434 e. The number of aromatic nitrogens is 4. The molecule has 0 amide bonds. The smallest absolute Gasteiger partial charge is 0.334 e. The zero-order valence-electron chi connectivity index (χ0n) is 14.7. The third-order valence-corrected chi connectivity index (χ3v) is 5.27. The van der Waals surface area contributed by atoms with Gasteiger partial charge in [-0.05, 0) is 30.5 Å². The molecular formula is C18H19ClF3N5. The van der Waals surface area contributed by atoms with Crippen molar-refractivity contribution in [3.8, 4) is 0 Å². The number of aryl methyl sites for hydroxylation is 2. The van der Waals surface area contributed by atoms with Gasteiger partial charge in [0.05, 0.1) is 17.6 Å². The van der Waals surface area contributed by atoms with Gasteiger partial charge in [-0.3, -0.25) is 0 Å². The highest BCUT2D eigenvalue weighted by Crippen LogP contribution is 2.30. The number of hydrogen-bond donors (Lipinski definition) is 1. The summed E-state index contributed by atoms with van der Waals surface area (Å²) in [5.41, 5.74) is 1.06. The van der Waals surface area contributed by atoms with Crippen molar-refractivity contribution in [2.75, 3.05) is 6.54 Å². The Morgan fingerprint density at radius 1 is 1.30 bits per heavy atom. The van der Waals surface area contributed by atoms with Crippen LogP contribution in [0.1, 0.15) is 23.8 Å². The van der Waals surface area contributed by atoms with E-state index < -0.39 is 11.9 Å². The predicted octanol–water partition coefficient (Wildman–Crippen LogP) is 3.79. The van der Waals surface area contributed by atoms with E-state index in [4.69, 9.17) is 11.6 Å². The lowest BCUT2D eigenvalue weighted by molar-refractivity contribution is -0.141. The van der Waals surface area contributed by atoms with Crippen molar-refractivity contribution in [1.82, 2.24) is 24.4 Å². The zero-order valence-corrected chi connectivity index (χ0v) is 15.5. The molecule has 0 bridgehead atoms. The third kappa shape index (κ3) is 3.68. The van der Waals surface area contributed by atoms with Crippen LogP contribution in [-0.2, 0) is 32.7 Å². The Morgan fingerprint density at radius 3 is 2.89 bits per heavy atom. The molecule has 1 aliphatic rings. The minimum Gasteiger partial charge on any atom is -0.334 e. The van der Waals surface area contributed by atoms with Crippen LogP contribution in [0, 0.1) is 5.92 Å². The van der Waals surface area contributed by atoms with E-state index in [0.717, 1.165) is 29.5 Å². The van der Waals surface area contributed by atoms with Crippen LogP contribution >= 0.6 is 11.6 Å². The average molecular weight is 398 g/mol. The first-order chi connectivity index (χ1) is 12.8. The Kier molecular flexibility index (Phi) is 4.63. The molecule has 0 unspecified atom stereocenters. The van der Waals surface area contributed by atoms with Crippen molar-refractivity contribution in [3.05, 3.63) is 46.8 Å². The molecule has 9 heteroatoms. The lowest BCUT2D eigenvalue weighted by Gasteiger charge is -2.23. The molecule has 144 valence electrons. The largest absolute Gasteiger partial charge is 0.434 e. The molecule has 0 radical (unpaired) electrons. The standard InChI is InChI=1S/C18H19ClF3N5/c1-26-14-6-12(19)3-4-13(14)24-17(26)8-23-7-11-2-5-16-25-15(18(20,21)22)10-27(16)9-11/h3-4,6,10-11,23H,2,5,7-9H2,1H3/t11-/m0/s1. The zero-order chi connectivity index (χ0) is 19.2. The number of alkyl halides is 3. The van der Waals surface area contributed by atoms with Crippen LogP contribution in [0.4, 0.5) is 13.2 Å². The van der Waals surface area contributed by atoms with Gasteiger partial charge in [0.15, 0.2) is 5.69 Å². The molecule has 1 aromatic carbocycles. The van der Waals surface area contributed by atoms with E-state index >= 15 is 0 Å². The first-order valence-corrected chi connectivity index (χ1v) is 9.14. The van der Waals surface area contributed by atoms with Crippen LogP contribution < -0.4 is 5.32 Å². The molecule has 3 heterocycles. The van der Waals surface area contributed by atoms with E-state index in [2.05, 4.69) is 15.3 Å². The van der Waals surface area contributed by atoms with Crippen molar-refractivity contribution in [3.63, 3.8) is 0 Å². The van der Waals surface area contributed by atoms with Crippen LogP contribution in [0.25, 0.3) is 11.0 Å². The minimum absolute atomic E-state index is 0.261. The maximum absolute atomic E-state index is 12.8. The first-order valence-electron chi connectivity index (χ1n) is 8.76. The monoisotopic (exact) mass is 397 g/mol. The van der Waals surface area contributed by atoms with E-state index in [1.165, 1.54) is 0 Å². The van der Waals surface area contributed by atoms with Gasteiger partial charge >= 0.3 is 6.18 Å². The van der Waals surface area contributed by atoms with Crippen molar-refractivity contribution in [2.45, 2.75) is 32.1 Å². The van der Waals surface area contributed by atoms with E-state index in [0.29, 0.717) is 36.9 Å². The van der Waals surface area contributed by atoms with Crippen molar-refractivity contribution in [1.29, 1.82) is 0 Å². The molecule has 1 N–H and O–H groups in total. The molecule has 0 saturated heterocycles. The molecule has 5 nitrogen and oxygen atoms in total. The quantitative estimate of drug-likeness (QED) is 0.728. The average Bonchev–Trinajstić information content (AvgIpc) is 3.17. The normalized spacial score (nSPS) is 17.4. The Labute approximate surface area is 159 Å². The summed E-state index contributed by atoms with van der Waals surface area (Å²) in [5.74, 6) is 1.67. The highest BCUT2D eigenvalue weighted by molar-refractivity contribution is 6.31. The summed E-state index contributed by atoms with van der Waals surface area (Å²) in [6, 6.07) is 5.59. The maximum atomic E-state index is 12.8. The van der Waals surface area contributed by atoms with Crippen molar-refractivity contribution < 1.29 is 13.2 Å². The van der Waals surface area contributed by atoms with Gasteiger partial charge in [-0.15, -0.1) is 0 Å². The number of fused-ring (bicyclic) bond motifs is 2. The SMILES string of the molecule is Cn1c(CNC[C@@H]2CCc3nc(C(F)(F)F)cn3C2)nc2ccc(Cl)cc21. The van der Waals surface area contributed by atoms with E-state index in [1.807, 2.05) is 29.8 Å². The minimum atomic E-state index is -4.39. The van der Waals surface area contributed by atoms with Crippen molar-refractivity contribution >= 4 is 22.6 Å². The van der Waals surface area contributed by atoms with Crippen LogP contribution in [0.3, 0.4) is 0 Å². The molecule has 1 aliphatic heterocycles. The molecule has 0 fully saturated rings. The molecule has 3 aromatic rings. The van der Waals surface area contributed by atoms with E-state index in [-0.39, 0.29) is 5.92 Å². The van der Waals surface area contributed by atoms with E-state index in [1.54, 1.807) is 4.57 Å². The molecule has 1 atom stereocenters. The van der Waals surface area contributed by atoms with Gasteiger partial charge in [-0.2, -0.15) is 13.2 Å². The molecule has 4 rings (SSSR count). The van der Waals surface area contributed by atoms with Crippen LogP contribution in [0.5, 0.6) is 0 Å². The summed E-state index contributed by atoms with van der Waals surface area (Å²) >= 11 is 6.04. The summed E-state index contributed by atoms with van der Waals surface area (Å²) in [5, 5.41) is 4.05. The summed E-state index contributed by atoms with van der Waals surface area (Å²) in [7, 11) is 1.94. The molecule has 0 aliphatic carbocycles. The molecule has 0 saturated carbocycles. The van der Waals surface area contributed by atoms with Gasteiger partial charge in [0.25, 0.3) is 0 Å². The second kappa shape index (κ2) is 6.83. The third-order valence-electron chi connectivity index (χ3n) is 5.03. The highest BCUT2D eigenvalue weighted by atomic mass is 35.5. The number of nitrogens with zero attached hydrogens (tertiary/aromatic N) is 4. The fourth-order valence-electron chi connectivity index (χ4n) is 3.58. The van der Waals surface area contributed by atoms with E-state index in [9.17, 15) is 13.2 Å². The fraction of sp³-hybridized carbons (Fsp3) is 0.444. The van der Waals surface area contributed by atoms with Gasteiger partial charge in [-0.1, -0.05) is 11.6 Å². The number of nitrogens with one attached hydrogen (secondary N) is 1. The van der Waals surface area contributed by atoms with Crippen LogP contribution in [0.15, 0.2) is 24.4 Å². The topological polar surface area (TPSA) is 47.7 Å². The van der Waals surface area contributed by atoms with Gasteiger partial charge in [0, 0.05) is 37.8 Å². The predicted molar refractivity (Wildman–Crippen MR) is 96.5 cm³/mol. The Morgan fingerprint density at radius 2 is 2.11 bits per heavy atom. The van der Waals surface area contributed by atoms with Crippen LogP contribution in [-0.4, -0.2) is 25.6 Å². The number of hydrogen-bond acceptors (Lipinski definition) is 3. The number of halogens is 4. The number of rotatable bonds is 4. The molecule has 27 heavy (non-hydrogen) atoms. The van der Waals surface area contributed by atoms with Gasteiger partial charge in [0.2, 0.25) is 0 Å². The Bertz CT molecular complexity index is 975. The van der Waals surface area contributed by atoms with Gasteiger partial charge < -0.3 is 14.5 Å². The second-order valence-electron chi connectivity index (χ2n) is 6.95. The Balaban J connectivity index is 1.38. The lowest BCUT2D eigenvalue weighted by atomic mass is 9.99. The van der Waals surface area contributed by atoms with Crippen molar-refractivity contribution in [2.24, 2.45) is 13.0 Å². The van der Waals surface area contributed by atoms with Gasteiger partial charge in [0.1, 0.15) is 11.6 Å². The lowest BCUT2D eigenvalue weighted by Crippen LogP contribution is -2.30. The first kappa shape index (κ1) is 18.3. The van der Waals surface area contributed by atoms with Crippen LogP contribution in [0.2, 0.25) is 5.02 Å². The summed E-state index contributed by atoms with van der Waals surface area (Å²) in [6.45, 7) is 1.84. The summed E-state index contributed by atoms with van der Waals surface area (Å²) in [6.07, 6.45) is -1.88. The molecule has 2 aromatic heterocycles.